The maximum absolute atomic E-state index is 12.1. The molecule has 17 heavy (non-hydrogen) atoms. The summed E-state index contributed by atoms with van der Waals surface area (Å²) in [6, 6.07) is 0. The van der Waals surface area contributed by atoms with Crippen molar-refractivity contribution < 1.29 is 9.90 Å². The molecule has 0 radical (unpaired) electrons. The second-order valence-electron chi connectivity index (χ2n) is 4.54. The first-order valence-corrected chi connectivity index (χ1v) is 6.50. The fourth-order valence-corrected chi connectivity index (χ4v) is 2.17. The first-order valence-electron chi connectivity index (χ1n) is 6.50. The van der Waals surface area contributed by atoms with E-state index in [4.69, 9.17) is 5.11 Å². The van der Waals surface area contributed by atoms with E-state index in [0.717, 1.165) is 25.9 Å². The van der Waals surface area contributed by atoms with E-state index < -0.39 is 0 Å². The van der Waals surface area contributed by atoms with Gasteiger partial charge in [0.2, 0.25) is 5.91 Å². The van der Waals surface area contributed by atoms with Crippen molar-refractivity contribution in [1.82, 2.24) is 9.80 Å². The molecule has 1 aliphatic heterocycles. The average Bonchev–Trinajstić information content (AvgIpc) is 2.58. The number of aliphatic hydroxyl groups is 1. The molecule has 0 unspecified atom stereocenters. The SMILES string of the molecule is C=CCN(CCO)CC(=O)N1CCCCCC1. The van der Waals surface area contributed by atoms with Crippen LogP contribution in [0.5, 0.6) is 0 Å². The van der Waals surface area contributed by atoms with E-state index in [1.165, 1.54) is 12.8 Å². The molecule has 0 aromatic carbocycles. The number of carbonyl (C=O) groups is 1. The van der Waals surface area contributed by atoms with Gasteiger partial charge in [-0.15, -0.1) is 6.58 Å². The third-order valence-corrected chi connectivity index (χ3v) is 3.12. The molecular weight excluding hydrogens is 216 g/mol. The fourth-order valence-electron chi connectivity index (χ4n) is 2.17. The zero-order valence-corrected chi connectivity index (χ0v) is 10.6. The number of carbonyl (C=O) groups excluding carboxylic acids is 1. The third-order valence-electron chi connectivity index (χ3n) is 3.12. The maximum atomic E-state index is 12.1. The summed E-state index contributed by atoms with van der Waals surface area (Å²) in [6.07, 6.45) is 6.47. The summed E-state index contributed by atoms with van der Waals surface area (Å²) in [5, 5.41) is 8.93. The first kappa shape index (κ1) is 14.2. The normalized spacial score (nSPS) is 16.9. The van der Waals surface area contributed by atoms with E-state index in [9.17, 15) is 4.79 Å². The Morgan fingerprint density at radius 1 is 1.29 bits per heavy atom. The van der Waals surface area contributed by atoms with Crippen molar-refractivity contribution in [3.63, 3.8) is 0 Å². The van der Waals surface area contributed by atoms with E-state index in [2.05, 4.69) is 6.58 Å². The quantitative estimate of drug-likeness (QED) is 0.701. The van der Waals surface area contributed by atoms with Gasteiger partial charge in [-0.3, -0.25) is 9.69 Å². The Kier molecular flexibility index (Phi) is 6.89. The van der Waals surface area contributed by atoms with Gasteiger partial charge in [-0.2, -0.15) is 0 Å². The van der Waals surface area contributed by atoms with E-state index in [1.54, 1.807) is 6.08 Å². The molecule has 0 atom stereocenters. The van der Waals surface area contributed by atoms with Crippen LogP contribution in [0.2, 0.25) is 0 Å². The lowest BCUT2D eigenvalue weighted by molar-refractivity contribution is -0.132. The number of hydrogen-bond donors (Lipinski definition) is 1. The molecule has 0 bridgehead atoms. The summed E-state index contributed by atoms with van der Waals surface area (Å²) < 4.78 is 0. The van der Waals surface area contributed by atoms with Crippen LogP contribution in [-0.4, -0.2) is 60.1 Å². The van der Waals surface area contributed by atoms with Crippen molar-refractivity contribution in [2.45, 2.75) is 25.7 Å². The lowest BCUT2D eigenvalue weighted by atomic mass is 10.2. The van der Waals surface area contributed by atoms with Crippen molar-refractivity contribution in [1.29, 1.82) is 0 Å². The molecule has 0 aliphatic carbocycles. The largest absolute Gasteiger partial charge is 0.395 e. The van der Waals surface area contributed by atoms with Crippen molar-refractivity contribution in [2.24, 2.45) is 0 Å². The third kappa shape index (κ3) is 5.33. The molecule has 0 aromatic heterocycles. The fraction of sp³-hybridized carbons (Fsp3) is 0.769. The van der Waals surface area contributed by atoms with E-state index in [0.29, 0.717) is 19.6 Å². The molecule has 1 fully saturated rings. The average molecular weight is 240 g/mol. The van der Waals surface area contributed by atoms with Gasteiger partial charge < -0.3 is 10.0 Å². The van der Waals surface area contributed by atoms with Gasteiger partial charge in [-0.05, 0) is 12.8 Å². The number of aliphatic hydroxyl groups excluding tert-OH is 1. The van der Waals surface area contributed by atoms with Gasteiger partial charge in [0.1, 0.15) is 0 Å². The summed E-state index contributed by atoms with van der Waals surface area (Å²) in [4.78, 5) is 16.0. The summed E-state index contributed by atoms with van der Waals surface area (Å²) in [7, 11) is 0. The maximum Gasteiger partial charge on any atom is 0.236 e. The molecular formula is C13H24N2O2. The smallest absolute Gasteiger partial charge is 0.236 e. The van der Waals surface area contributed by atoms with Gasteiger partial charge >= 0.3 is 0 Å². The molecule has 0 spiro atoms. The second kappa shape index (κ2) is 8.25. The van der Waals surface area contributed by atoms with Crippen LogP contribution in [0.4, 0.5) is 0 Å². The Hall–Kier alpha value is -0.870. The monoisotopic (exact) mass is 240 g/mol. The first-order chi connectivity index (χ1) is 8.27. The predicted molar refractivity (Wildman–Crippen MR) is 68.8 cm³/mol. The van der Waals surface area contributed by atoms with Crippen molar-refractivity contribution in [2.75, 3.05) is 39.3 Å². The molecule has 0 saturated carbocycles. The number of likely N-dealkylation sites (tertiary alicyclic amines) is 1. The highest BCUT2D eigenvalue weighted by Gasteiger charge is 2.17. The van der Waals surface area contributed by atoms with E-state index in [1.807, 2.05) is 9.80 Å². The molecule has 1 saturated heterocycles. The molecule has 1 heterocycles. The van der Waals surface area contributed by atoms with Crippen LogP contribution in [0, 0.1) is 0 Å². The molecule has 4 heteroatoms. The van der Waals surface area contributed by atoms with E-state index in [-0.39, 0.29) is 12.5 Å². The van der Waals surface area contributed by atoms with Gasteiger partial charge in [0, 0.05) is 26.2 Å². The van der Waals surface area contributed by atoms with Gasteiger partial charge in [0.15, 0.2) is 0 Å². The lowest BCUT2D eigenvalue weighted by Gasteiger charge is -2.25. The van der Waals surface area contributed by atoms with Crippen LogP contribution < -0.4 is 0 Å². The zero-order chi connectivity index (χ0) is 12.5. The molecule has 1 aliphatic rings. The van der Waals surface area contributed by atoms with Gasteiger partial charge in [0.05, 0.1) is 13.2 Å². The zero-order valence-electron chi connectivity index (χ0n) is 10.6. The van der Waals surface area contributed by atoms with Gasteiger partial charge in [0.25, 0.3) is 0 Å². The minimum Gasteiger partial charge on any atom is -0.395 e. The minimum atomic E-state index is 0.0844. The predicted octanol–water partition coefficient (Wildman–Crippen LogP) is 0.869. The van der Waals surface area contributed by atoms with Crippen LogP contribution in [0.1, 0.15) is 25.7 Å². The van der Waals surface area contributed by atoms with Crippen LogP contribution in [-0.2, 0) is 4.79 Å². The van der Waals surface area contributed by atoms with Crippen molar-refractivity contribution in [3.05, 3.63) is 12.7 Å². The molecule has 1 amide bonds. The summed E-state index contributed by atoms with van der Waals surface area (Å²) in [5.41, 5.74) is 0. The Morgan fingerprint density at radius 2 is 1.94 bits per heavy atom. The molecule has 0 aromatic rings. The number of rotatable bonds is 6. The van der Waals surface area contributed by atoms with Crippen LogP contribution in [0.3, 0.4) is 0 Å². The number of nitrogens with zero attached hydrogens (tertiary/aromatic N) is 2. The Morgan fingerprint density at radius 3 is 2.47 bits per heavy atom. The standard InChI is InChI=1S/C13H24N2O2/c1-2-7-14(10-11-16)12-13(17)15-8-5-3-4-6-9-15/h2,16H,1,3-12H2. The summed E-state index contributed by atoms with van der Waals surface area (Å²) in [6.45, 7) is 7.11. The Labute approximate surface area is 104 Å². The molecule has 98 valence electrons. The Bertz CT molecular complexity index is 236. The highest BCUT2D eigenvalue weighted by Crippen LogP contribution is 2.10. The van der Waals surface area contributed by atoms with Gasteiger partial charge in [-0.25, -0.2) is 0 Å². The number of amides is 1. The van der Waals surface area contributed by atoms with Crippen molar-refractivity contribution in [3.8, 4) is 0 Å². The van der Waals surface area contributed by atoms with Crippen LogP contribution in [0.15, 0.2) is 12.7 Å². The lowest BCUT2D eigenvalue weighted by Crippen LogP contribution is -2.41. The molecule has 1 rings (SSSR count). The summed E-state index contributed by atoms with van der Waals surface area (Å²) in [5.74, 6) is 0.183. The highest BCUT2D eigenvalue weighted by atomic mass is 16.3. The topological polar surface area (TPSA) is 43.8 Å². The number of hydrogen-bond acceptors (Lipinski definition) is 3. The Balaban J connectivity index is 2.40. The molecule has 4 nitrogen and oxygen atoms in total. The summed E-state index contributed by atoms with van der Waals surface area (Å²) >= 11 is 0. The molecule has 1 N–H and O–H groups in total. The van der Waals surface area contributed by atoms with Crippen LogP contribution in [0.25, 0.3) is 0 Å². The van der Waals surface area contributed by atoms with Crippen molar-refractivity contribution >= 4 is 5.91 Å². The van der Waals surface area contributed by atoms with Gasteiger partial charge in [-0.1, -0.05) is 18.9 Å². The van der Waals surface area contributed by atoms with E-state index >= 15 is 0 Å². The second-order valence-corrected chi connectivity index (χ2v) is 4.54. The minimum absolute atomic E-state index is 0.0844. The van der Waals surface area contributed by atoms with Crippen LogP contribution >= 0.6 is 0 Å². The highest BCUT2D eigenvalue weighted by molar-refractivity contribution is 5.78.